The number of aryl methyl sites for hydroxylation is 1. The largest absolute Gasteiger partial charge is 0.475 e. The lowest BCUT2D eigenvalue weighted by atomic mass is 9.80. The molecule has 0 spiro atoms. The van der Waals surface area contributed by atoms with Crippen LogP contribution in [-0.2, 0) is 19.1 Å². The molecule has 1 aliphatic rings. The Hall–Kier alpha value is -4.22. The van der Waals surface area contributed by atoms with Gasteiger partial charge < -0.3 is 20.7 Å². The second-order valence-corrected chi connectivity index (χ2v) is 10.2. The van der Waals surface area contributed by atoms with E-state index >= 15 is 0 Å². The number of carboxylic acid groups (broad SMARTS) is 1. The lowest BCUT2D eigenvalue weighted by Crippen LogP contribution is -2.31. The Labute approximate surface area is 228 Å². The van der Waals surface area contributed by atoms with Gasteiger partial charge in [-0.3, -0.25) is 4.98 Å². The third-order valence-electron chi connectivity index (χ3n) is 7.41. The molecule has 4 aromatic rings. The van der Waals surface area contributed by atoms with Gasteiger partial charge in [-0.25, -0.2) is 19.7 Å². The minimum atomic E-state index is -4.53. The van der Waals surface area contributed by atoms with Gasteiger partial charge in [0.15, 0.2) is 17.3 Å². The van der Waals surface area contributed by atoms with Crippen molar-refractivity contribution in [1.29, 1.82) is 0 Å². The number of anilines is 2. The lowest BCUT2D eigenvalue weighted by molar-refractivity contribution is -0.137. The lowest BCUT2D eigenvalue weighted by Gasteiger charge is -2.32. The standard InChI is InChI=1S/C28H30F3N7O2/c1-3-5-16-10-11-33-21(12-16)26-37-24-22(38(26)14-18-8-9-19(13-20(18)32)28(29,30)31)23(35-25(36-24)27(39)40)34-15(2)17-6-4-7-17/h8-13,15,17H,3-7,14,32H2,1-2H3,(H,39,40)(H,34,35,36)/t15-/m1/s1. The van der Waals surface area contributed by atoms with Crippen LogP contribution in [0.5, 0.6) is 0 Å². The highest BCUT2D eigenvalue weighted by atomic mass is 19.4. The summed E-state index contributed by atoms with van der Waals surface area (Å²) < 4.78 is 41.6. The van der Waals surface area contributed by atoms with Gasteiger partial charge in [-0.15, -0.1) is 0 Å². The van der Waals surface area contributed by atoms with E-state index in [1.54, 1.807) is 10.8 Å². The van der Waals surface area contributed by atoms with E-state index in [1.165, 1.54) is 6.07 Å². The quantitative estimate of drug-likeness (QED) is 0.222. The number of aromatic carboxylic acids is 1. The van der Waals surface area contributed by atoms with Gasteiger partial charge in [0.2, 0.25) is 5.82 Å². The van der Waals surface area contributed by atoms with Crippen LogP contribution in [-0.4, -0.2) is 41.6 Å². The maximum absolute atomic E-state index is 13.3. The summed E-state index contributed by atoms with van der Waals surface area (Å²) in [6.45, 7) is 4.12. The van der Waals surface area contributed by atoms with E-state index in [0.29, 0.717) is 28.5 Å². The number of imidazole rings is 1. The number of nitrogens with zero attached hydrogens (tertiary/aromatic N) is 5. The molecule has 9 nitrogen and oxygen atoms in total. The molecule has 4 N–H and O–H groups in total. The van der Waals surface area contributed by atoms with Gasteiger partial charge in [-0.05, 0) is 67.5 Å². The highest BCUT2D eigenvalue weighted by Crippen LogP contribution is 2.35. The van der Waals surface area contributed by atoms with Crippen molar-refractivity contribution in [2.75, 3.05) is 11.1 Å². The predicted molar refractivity (Wildman–Crippen MR) is 145 cm³/mol. The fourth-order valence-electron chi connectivity index (χ4n) is 4.98. The molecular formula is C28H30F3N7O2. The molecular weight excluding hydrogens is 523 g/mol. The number of rotatable bonds is 9. The Morgan fingerprint density at radius 1 is 1.20 bits per heavy atom. The molecule has 3 aromatic heterocycles. The highest BCUT2D eigenvalue weighted by Gasteiger charge is 2.31. The molecule has 40 heavy (non-hydrogen) atoms. The number of hydrogen-bond donors (Lipinski definition) is 3. The second-order valence-electron chi connectivity index (χ2n) is 10.2. The van der Waals surface area contributed by atoms with Crippen molar-refractivity contribution < 1.29 is 23.1 Å². The van der Waals surface area contributed by atoms with E-state index in [1.807, 2.05) is 19.1 Å². The summed E-state index contributed by atoms with van der Waals surface area (Å²) in [5.41, 5.74) is 7.78. The van der Waals surface area contributed by atoms with Crippen molar-refractivity contribution in [2.24, 2.45) is 5.92 Å². The monoisotopic (exact) mass is 553 g/mol. The van der Waals surface area contributed by atoms with Crippen LogP contribution in [0.1, 0.15) is 66.8 Å². The van der Waals surface area contributed by atoms with E-state index in [2.05, 4.69) is 32.2 Å². The van der Waals surface area contributed by atoms with Crippen LogP contribution < -0.4 is 11.1 Å². The Balaban J connectivity index is 1.71. The average Bonchev–Trinajstić information content (AvgIpc) is 3.22. The molecule has 1 aliphatic carbocycles. The van der Waals surface area contributed by atoms with E-state index in [9.17, 15) is 23.1 Å². The summed E-state index contributed by atoms with van der Waals surface area (Å²) in [6, 6.07) is 7.04. The second kappa shape index (κ2) is 10.7. The maximum atomic E-state index is 13.3. The van der Waals surface area contributed by atoms with Crippen LogP contribution in [0, 0.1) is 5.92 Å². The highest BCUT2D eigenvalue weighted by molar-refractivity contribution is 5.92. The zero-order chi connectivity index (χ0) is 28.6. The molecule has 210 valence electrons. The molecule has 1 saturated carbocycles. The molecule has 0 radical (unpaired) electrons. The third-order valence-corrected chi connectivity index (χ3v) is 7.41. The molecule has 1 aromatic carbocycles. The van der Waals surface area contributed by atoms with Crippen molar-refractivity contribution in [3.63, 3.8) is 0 Å². The summed E-state index contributed by atoms with van der Waals surface area (Å²) >= 11 is 0. The number of hydrogen-bond acceptors (Lipinski definition) is 7. The summed E-state index contributed by atoms with van der Waals surface area (Å²) in [6.07, 6.45) is 2.11. The molecule has 0 aliphatic heterocycles. The molecule has 0 saturated heterocycles. The van der Waals surface area contributed by atoms with Crippen LogP contribution in [0.2, 0.25) is 0 Å². The first kappa shape index (κ1) is 27.4. The first-order valence-corrected chi connectivity index (χ1v) is 13.2. The number of fused-ring (bicyclic) bond motifs is 1. The number of alkyl halides is 3. The van der Waals surface area contributed by atoms with Crippen LogP contribution >= 0.6 is 0 Å². The van der Waals surface area contributed by atoms with Crippen molar-refractivity contribution in [1.82, 2.24) is 24.5 Å². The van der Waals surface area contributed by atoms with Crippen molar-refractivity contribution in [2.45, 2.75) is 64.7 Å². The minimum absolute atomic E-state index is 0.00226. The first-order chi connectivity index (χ1) is 19.0. The summed E-state index contributed by atoms with van der Waals surface area (Å²) in [5.74, 6) is -0.632. The number of benzene rings is 1. The molecule has 3 heterocycles. The van der Waals surface area contributed by atoms with Crippen LogP contribution in [0.3, 0.4) is 0 Å². The minimum Gasteiger partial charge on any atom is -0.475 e. The van der Waals surface area contributed by atoms with Crippen molar-refractivity contribution >= 4 is 28.6 Å². The summed E-state index contributed by atoms with van der Waals surface area (Å²) in [5, 5.41) is 13.1. The fraction of sp³-hybridized carbons (Fsp3) is 0.393. The molecule has 1 atom stereocenters. The van der Waals surface area contributed by atoms with Gasteiger partial charge in [0, 0.05) is 17.9 Å². The molecule has 5 rings (SSSR count). The third kappa shape index (κ3) is 5.43. The van der Waals surface area contributed by atoms with E-state index < -0.39 is 23.5 Å². The van der Waals surface area contributed by atoms with Crippen molar-refractivity contribution in [3.05, 3.63) is 59.0 Å². The molecule has 0 amide bonds. The topological polar surface area (TPSA) is 132 Å². The van der Waals surface area contributed by atoms with Gasteiger partial charge in [-0.2, -0.15) is 13.2 Å². The van der Waals surface area contributed by atoms with E-state index in [-0.39, 0.29) is 29.7 Å². The molecule has 0 bridgehead atoms. The Kier molecular flexibility index (Phi) is 7.35. The Bertz CT molecular complexity index is 1560. The van der Waals surface area contributed by atoms with E-state index in [4.69, 9.17) is 5.73 Å². The smallest absolute Gasteiger partial charge is 0.416 e. The Morgan fingerprint density at radius 3 is 2.60 bits per heavy atom. The fourth-order valence-corrected chi connectivity index (χ4v) is 4.98. The molecule has 0 unspecified atom stereocenters. The van der Waals surface area contributed by atoms with Crippen molar-refractivity contribution in [3.8, 4) is 11.5 Å². The van der Waals surface area contributed by atoms with Crippen LogP contribution in [0.4, 0.5) is 24.7 Å². The van der Waals surface area contributed by atoms with Crippen LogP contribution in [0.25, 0.3) is 22.7 Å². The number of halogens is 3. The zero-order valence-electron chi connectivity index (χ0n) is 22.2. The molecule has 1 fully saturated rings. The number of carbonyl (C=O) groups is 1. The van der Waals surface area contributed by atoms with Gasteiger partial charge in [-0.1, -0.05) is 25.8 Å². The zero-order valence-corrected chi connectivity index (χ0v) is 22.2. The number of aromatic nitrogens is 5. The van der Waals surface area contributed by atoms with Gasteiger partial charge >= 0.3 is 12.1 Å². The number of nitrogens with one attached hydrogen (secondary N) is 1. The summed E-state index contributed by atoms with van der Waals surface area (Å²) in [4.78, 5) is 29.6. The van der Waals surface area contributed by atoms with Gasteiger partial charge in [0.1, 0.15) is 11.2 Å². The maximum Gasteiger partial charge on any atom is 0.416 e. The normalized spacial score (nSPS) is 14.7. The average molecular weight is 554 g/mol. The van der Waals surface area contributed by atoms with Gasteiger partial charge in [0.05, 0.1) is 12.1 Å². The Morgan fingerprint density at radius 2 is 1.98 bits per heavy atom. The number of carboxylic acids is 1. The SMILES string of the molecule is CCCc1ccnc(-c2nc3nc(C(=O)O)nc(N[C@H](C)C4CCC4)c3n2Cc2ccc(C(F)(F)F)cc2N)c1. The van der Waals surface area contributed by atoms with Crippen LogP contribution in [0.15, 0.2) is 36.5 Å². The first-order valence-electron chi connectivity index (χ1n) is 13.2. The number of pyridine rings is 1. The molecule has 12 heteroatoms. The summed E-state index contributed by atoms with van der Waals surface area (Å²) in [7, 11) is 0. The van der Waals surface area contributed by atoms with Gasteiger partial charge in [0.25, 0.3) is 0 Å². The number of nitrogen functional groups attached to an aromatic ring is 1. The predicted octanol–water partition coefficient (Wildman–Crippen LogP) is 5.79. The number of nitrogens with two attached hydrogens (primary N) is 1. The van der Waals surface area contributed by atoms with E-state index in [0.717, 1.165) is 49.8 Å².